The highest BCUT2D eigenvalue weighted by Gasteiger charge is 2.51. The molecule has 1 aromatic rings. The molecule has 1 spiro atoms. The monoisotopic (exact) mass is 278 g/mol. The van der Waals surface area contributed by atoms with Crippen LogP contribution in [-0.2, 0) is 4.74 Å². The summed E-state index contributed by atoms with van der Waals surface area (Å²) in [6.07, 6.45) is 2.61. The van der Waals surface area contributed by atoms with Crippen LogP contribution in [0, 0.1) is 10.1 Å². The normalized spacial score (nSPS) is 22.7. The first kappa shape index (κ1) is 12.9. The van der Waals surface area contributed by atoms with Crippen molar-refractivity contribution in [1.29, 1.82) is 0 Å². The smallest absolute Gasteiger partial charge is 0.311 e. The SMILES string of the molecule is NC(=O)c1ccc(OC2COC3(CC3)C2)c([N+](=O)[O-])c1. The van der Waals surface area contributed by atoms with Gasteiger partial charge in [0.1, 0.15) is 6.10 Å². The van der Waals surface area contributed by atoms with Gasteiger partial charge >= 0.3 is 5.69 Å². The molecule has 1 amide bonds. The molecule has 0 bridgehead atoms. The third-order valence-corrected chi connectivity index (χ3v) is 3.72. The average Bonchev–Trinajstić information content (AvgIpc) is 3.03. The van der Waals surface area contributed by atoms with Gasteiger partial charge < -0.3 is 15.2 Å². The summed E-state index contributed by atoms with van der Waals surface area (Å²) >= 11 is 0. The molecule has 0 radical (unpaired) electrons. The number of primary amides is 1. The molecule has 1 heterocycles. The average molecular weight is 278 g/mol. The molecular weight excluding hydrogens is 264 g/mol. The Morgan fingerprint density at radius 2 is 2.25 bits per heavy atom. The molecule has 1 saturated carbocycles. The Balaban J connectivity index is 1.81. The minimum absolute atomic E-state index is 0.0490. The molecule has 1 unspecified atom stereocenters. The number of benzene rings is 1. The lowest BCUT2D eigenvalue weighted by Crippen LogP contribution is -2.18. The maximum atomic E-state index is 11.1. The lowest BCUT2D eigenvalue weighted by molar-refractivity contribution is -0.386. The molecule has 1 atom stereocenters. The molecule has 0 aromatic heterocycles. The van der Waals surface area contributed by atoms with Crippen LogP contribution in [0.4, 0.5) is 5.69 Å². The van der Waals surface area contributed by atoms with E-state index in [0.29, 0.717) is 6.61 Å². The molecule has 106 valence electrons. The highest BCUT2D eigenvalue weighted by molar-refractivity contribution is 5.93. The number of rotatable bonds is 4. The fourth-order valence-corrected chi connectivity index (χ4v) is 2.46. The maximum absolute atomic E-state index is 11.1. The highest BCUT2D eigenvalue weighted by Crippen LogP contribution is 2.48. The topological polar surface area (TPSA) is 105 Å². The molecule has 3 rings (SSSR count). The van der Waals surface area contributed by atoms with E-state index in [9.17, 15) is 14.9 Å². The first-order chi connectivity index (χ1) is 9.49. The molecular formula is C13H14N2O5. The number of ether oxygens (including phenoxy) is 2. The molecule has 20 heavy (non-hydrogen) atoms. The number of carbonyl (C=O) groups excluding carboxylic acids is 1. The first-order valence-electron chi connectivity index (χ1n) is 6.38. The number of amides is 1. The number of nitrogens with zero attached hydrogens (tertiary/aromatic N) is 1. The van der Waals surface area contributed by atoms with Gasteiger partial charge in [-0.2, -0.15) is 0 Å². The second kappa shape index (κ2) is 4.45. The van der Waals surface area contributed by atoms with Gasteiger partial charge in [0.2, 0.25) is 5.91 Å². The molecule has 1 saturated heterocycles. The van der Waals surface area contributed by atoms with Crippen LogP contribution in [0.5, 0.6) is 5.75 Å². The Morgan fingerprint density at radius 3 is 2.80 bits per heavy atom. The lowest BCUT2D eigenvalue weighted by Gasteiger charge is -2.12. The number of carbonyl (C=O) groups is 1. The van der Waals surface area contributed by atoms with E-state index in [0.717, 1.165) is 25.3 Å². The van der Waals surface area contributed by atoms with Gasteiger partial charge in [-0.15, -0.1) is 0 Å². The predicted molar refractivity (Wildman–Crippen MR) is 68.6 cm³/mol. The predicted octanol–water partition coefficient (Wildman–Crippen LogP) is 1.39. The zero-order chi connectivity index (χ0) is 14.3. The number of hydrogen-bond acceptors (Lipinski definition) is 5. The van der Waals surface area contributed by atoms with Gasteiger partial charge in [0.15, 0.2) is 5.75 Å². The van der Waals surface area contributed by atoms with E-state index in [-0.39, 0.29) is 28.7 Å². The van der Waals surface area contributed by atoms with Gasteiger partial charge in [-0.1, -0.05) is 0 Å². The number of nitro benzene ring substituents is 1. The van der Waals surface area contributed by atoms with Crippen molar-refractivity contribution in [3.63, 3.8) is 0 Å². The molecule has 2 fully saturated rings. The minimum atomic E-state index is -0.708. The van der Waals surface area contributed by atoms with E-state index < -0.39 is 10.8 Å². The highest BCUT2D eigenvalue weighted by atomic mass is 16.6. The largest absolute Gasteiger partial charge is 0.481 e. The van der Waals surface area contributed by atoms with Crippen LogP contribution < -0.4 is 10.5 Å². The van der Waals surface area contributed by atoms with Crippen LogP contribution in [0.15, 0.2) is 18.2 Å². The fourth-order valence-electron chi connectivity index (χ4n) is 2.46. The molecule has 1 aliphatic heterocycles. The standard InChI is InChI=1S/C13H14N2O5/c14-12(16)8-1-2-11(10(5-8)15(17)18)20-9-6-13(3-4-13)19-7-9/h1-2,5,9H,3-4,6-7H2,(H2,14,16). The molecule has 7 nitrogen and oxygen atoms in total. The van der Waals surface area contributed by atoms with Gasteiger partial charge in [-0.05, 0) is 25.0 Å². The van der Waals surface area contributed by atoms with Crippen molar-refractivity contribution in [2.75, 3.05) is 6.61 Å². The summed E-state index contributed by atoms with van der Waals surface area (Å²) < 4.78 is 11.3. The summed E-state index contributed by atoms with van der Waals surface area (Å²) in [5.41, 5.74) is 4.91. The second-order valence-electron chi connectivity index (χ2n) is 5.24. The third kappa shape index (κ3) is 2.32. The van der Waals surface area contributed by atoms with Crippen molar-refractivity contribution in [1.82, 2.24) is 0 Å². The van der Waals surface area contributed by atoms with Gasteiger partial charge in [-0.25, -0.2) is 0 Å². The van der Waals surface area contributed by atoms with E-state index in [4.69, 9.17) is 15.2 Å². The Bertz CT molecular complexity index is 582. The van der Waals surface area contributed by atoms with Crippen molar-refractivity contribution in [2.24, 2.45) is 5.73 Å². The summed E-state index contributed by atoms with van der Waals surface area (Å²) in [4.78, 5) is 21.5. The minimum Gasteiger partial charge on any atom is -0.481 e. The Morgan fingerprint density at radius 1 is 1.50 bits per heavy atom. The molecule has 1 aliphatic carbocycles. The zero-order valence-corrected chi connectivity index (χ0v) is 10.7. The van der Waals surface area contributed by atoms with Crippen molar-refractivity contribution in [3.05, 3.63) is 33.9 Å². The van der Waals surface area contributed by atoms with Crippen molar-refractivity contribution in [3.8, 4) is 5.75 Å². The van der Waals surface area contributed by atoms with Crippen LogP contribution in [0.25, 0.3) is 0 Å². The Kier molecular flexibility index (Phi) is 2.86. The lowest BCUT2D eigenvalue weighted by atomic mass is 10.1. The van der Waals surface area contributed by atoms with Crippen LogP contribution in [0.2, 0.25) is 0 Å². The number of nitrogens with two attached hydrogens (primary N) is 1. The number of hydrogen-bond donors (Lipinski definition) is 1. The van der Waals surface area contributed by atoms with Gasteiger partial charge in [0.25, 0.3) is 0 Å². The summed E-state index contributed by atoms with van der Waals surface area (Å²) in [5.74, 6) is -0.563. The van der Waals surface area contributed by atoms with E-state index in [1.165, 1.54) is 12.1 Å². The molecule has 2 N–H and O–H groups in total. The van der Waals surface area contributed by atoms with Crippen LogP contribution in [0.3, 0.4) is 0 Å². The van der Waals surface area contributed by atoms with E-state index in [1.807, 2.05) is 0 Å². The fraction of sp³-hybridized carbons (Fsp3) is 0.462. The Labute approximate surface area is 114 Å². The van der Waals surface area contributed by atoms with Crippen molar-refractivity contribution < 1.29 is 19.2 Å². The van der Waals surface area contributed by atoms with E-state index in [2.05, 4.69) is 0 Å². The molecule has 1 aromatic carbocycles. The van der Waals surface area contributed by atoms with Gasteiger partial charge in [0.05, 0.1) is 17.1 Å². The quantitative estimate of drug-likeness (QED) is 0.662. The second-order valence-corrected chi connectivity index (χ2v) is 5.24. The first-order valence-corrected chi connectivity index (χ1v) is 6.38. The summed E-state index contributed by atoms with van der Waals surface area (Å²) in [6, 6.07) is 3.98. The van der Waals surface area contributed by atoms with Crippen molar-refractivity contribution in [2.45, 2.75) is 31.0 Å². The van der Waals surface area contributed by atoms with Gasteiger partial charge in [-0.3, -0.25) is 14.9 Å². The molecule has 2 aliphatic rings. The van der Waals surface area contributed by atoms with E-state index in [1.54, 1.807) is 0 Å². The summed E-state index contributed by atoms with van der Waals surface area (Å²) in [6.45, 7) is 0.439. The van der Waals surface area contributed by atoms with Crippen LogP contribution in [-0.4, -0.2) is 29.1 Å². The maximum Gasteiger partial charge on any atom is 0.311 e. The number of nitro groups is 1. The summed E-state index contributed by atoms with van der Waals surface area (Å²) in [5, 5.41) is 11.1. The summed E-state index contributed by atoms with van der Waals surface area (Å²) in [7, 11) is 0. The zero-order valence-electron chi connectivity index (χ0n) is 10.7. The van der Waals surface area contributed by atoms with Gasteiger partial charge in [0, 0.05) is 18.1 Å². The Hall–Kier alpha value is -2.15. The van der Waals surface area contributed by atoms with Crippen LogP contribution >= 0.6 is 0 Å². The molecule has 7 heteroatoms. The van der Waals surface area contributed by atoms with E-state index >= 15 is 0 Å². The third-order valence-electron chi connectivity index (χ3n) is 3.72. The van der Waals surface area contributed by atoms with Crippen molar-refractivity contribution >= 4 is 11.6 Å². The van der Waals surface area contributed by atoms with Crippen LogP contribution in [0.1, 0.15) is 29.6 Å².